The number of aryl methyl sites for hydroxylation is 1. The molecule has 0 aliphatic carbocycles. The number of benzene rings is 2. The second-order valence-electron chi connectivity index (χ2n) is 6.55. The molecule has 1 heterocycles. The quantitative estimate of drug-likeness (QED) is 0.844. The molecule has 27 heavy (non-hydrogen) atoms. The van der Waals surface area contributed by atoms with E-state index in [1.807, 2.05) is 37.3 Å². The maximum absolute atomic E-state index is 13.0. The summed E-state index contributed by atoms with van der Waals surface area (Å²) in [4.78, 5) is 24.8. The fourth-order valence-corrected chi connectivity index (χ4v) is 3.05. The van der Waals surface area contributed by atoms with E-state index in [1.165, 1.54) is 12.1 Å². The Balaban J connectivity index is 1.99. The van der Waals surface area contributed by atoms with Crippen LogP contribution in [0.4, 0.5) is 0 Å². The molecule has 0 spiro atoms. The third kappa shape index (κ3) is 4.23. The van der Waals surface area contributed by atoms with Crippen LogP contribution in [0.25, 0.3) is 0 Å². The molecule has 2 aromatic rings. The molecular formula is C21H22N2O4. The van der Waals surface area contributed by atoms with Crippen LogP contribution in [-0.4, -0.2) is 47.0 Å². The van der Waals surface area contributed by atoms with Gasteiger partial charge in [0.15, 0.2) is 0 Å². The van der Waals surface area contributed by atoms with Crippen molar-refractivity contribution in [3.8, 4) is 0 Å². The van der Waals surface area contributed by atoms with Crippen molar-refractivity contribution in [3.05, 3.63) is 71.3 Å². The fraction of sp³-hybridized carbons (Fsp3) is 0.286. The van der Waals surface area contributed by atoms with Gasteiger partial charge in [-0.25, -0.2) is 5.01 Å². The summed E-state index contributed by atoms with van der Waals surface area (Å²) in [6, 6.07) is 15.6. The van der Waals surface area contributed by atoms with E-state index in [2.05, 4.69) is 5.10 Å². The fourth-order valence-electron chi connectivity index (χ4n) is 3.05. The molecule has 0 aromatic heterocycles. The van der Waals surface area contributed by atoms with E-state index in [4.69, 9.17) is 4.74 Å². The molecule has 140 valence electrons. The Bertz CT molecular complexity index is 846. The minimum atomic E-state index is -0.925. The van der Waals surface area contributed by atoms with Crippen LogP contribution in [0.3, 0.4) is 0 Å². The lowest BCUT2D eigenvalue weighted by atomic mass is 9.95. The number of ether oxygens (including phenoxy) is 1. The van der Waals surface area contributed by atoms with E-state index < -0.39 is 18.1 Å². The number of hydrogen-bond donors (Lipinski definition) is 1. The molecule has 3 rings (SSSR count). The van der Waals surface area contributed by atoms with Crippen LogP contribution in [-0.2, 0) is 9.53 Å². The van der Waals surface area contributed by atoms with Gasteiger partial charge in [-0.15, -0.1) is 0 Å². The van der Waals surface area contributed by atoms with Crippen LogP contribution < -0.4 is 0 Å². The van der Waals surface area contributed by atoms with Gasteiger partial charge in [0.25, 0.3) is 5.91 Å². The number of aliphatic hydroxyl groups is 1. The summed E-state index contributed by atoms with van der Waals surface area (Å²) >= 11 is 0. The summed E-state index contributed by atoms with van der Waals surface area (Å²) in [5, 5.41) is 16.4. The number of carbonyl (C=O) groups is 2. The van der Waals surface area contributed by atoms with Gasteiger partial charge in [0.2, 0.25) is 0 Å². The molecular weight excluding hydrogens is 344 g/mol. The summed E-state index contributed by atoms with van der Waals surface area (Å²) in [5.74, 6) is -0.869. The number of amides is 1. The van der Waals surface area contributed by atoms with Crippen LogP contribution in [0.2, 0.25) is 0 Å². The van der Waals surface area contributed by atoms with E-state index in [0.717, 1.165) is 11.1 Å². The maximum Gasteiger partial charge on any atom is 0.307 e. The average molecular weight is 366 g/mol. The molecule has 2 aromatic carbocycles. The first-order chi connectivity index (χ1) is 13.0. The second kappa shape index (κ2) is 8.14. The number of hydrogen-bond acceptors (Lipinski definition) is 5. The van der Waals surface area contributed by atoms with E-state index in [-0.39, 0.29) is 18.7 Å². The van der Waals surface area contributed by atoms with Gasteiger partial charge < -0.3 is 9.84 Å². The predicted molar refractivity (Wildman–Crippen MR) is 101 cm³/mol. The smallest absolute Gasteiger partial charge is 0.307 e. The number of rotatable bonds is 4. The van der Waals surface area contributed by atoms with Crippen molar-refractivity contribution in [3.63, 3.8) is 0 Å². The standard InChI is InChI=1S/C21H22N2O4/c1-14-8-10-15(11-9-14)17-12-19(24)18(13-20(25)27-2)23(22-17)21(26)16-6-4-3-5-7-16/h3-11,18-19,24H,12-13H2,1-2H3/t18-,19-/m1/s1. The van der Waals surface area contributed by atoms with Crippen molar-refractivity contribution in [2.75, 3.05) is 7.11 Å². The van der Waals surface area contributed by atoms with Gasteiger partial charge in [0.05, 0.1) is 31.4 Å². The summed E-state index contributed by atoms with van der Waals surface area (Å²) in [6.45, 7) is 1.99. The van der Waals surface area contributed by atoms with E-state index in [1.54, 1.807) is 24.3 Å². The maximum atomic E-state index is 13.0. The zero-order chi connectivity index (χ0) is 19.4. The lowest BCUT2D eigenvalue weighted by Crippen LogP contribution is -2.50. The number of carbonyl (C=O) groups excluding carboxylic acids is 2. The van der Waals surface area contributed by atoms with Gasteiger partial charge in [-0.1, -0.05) is 48.0 Å². The number of aliphatic hydroxyl groups excluding tert-OH is 1. The van der Waals surface area contributed by atoms with Crippen molar-refractivity contribution < 1.29 is 19.4 Å². The third-order valence-corrected chi connectivity index (χ3v) is 4.61. The Labute approximate surface area is 158 Å². The zero-order valence-corrected chi connectivity index (χ0v) is 15.3. The van der Waals surface area contributed by atoms with Gasteiger partial charge in [-0.2, -0.15) is 5.10 Å². The number of hydrazone groups is 1. The first-order valence-electron chi connectivity index (χ1n) is 8.77. The lowest BCUT2D eigenvalue weighted by Gasteiger charge is -2.35. The Morgan fingerprint density at radius 3 is 2.44 bits per heavy atom. The molecule has 2 atom stereocenters. The Morgan fingerprint density at radius 1 is 1.15 bits per heavy atom. The molecule has 0 bridgehead atoms. The minimum Gasteiger partial charge on any atom is -0.469 e. The topological polar surface area (TPSA) is 79.2 Å². The molecule has 0 saturated heterocycles. The van der Waals surface area contributed by atoms with E-state index >= 15 is 0 Å². The van der Waals surface area contributed by atoms with Crippen molar-refractivity contribution in [1.29, 1.82) is 0 Å². The van der Waals surface area contributed by atoms with E-state index in [0.29, 0.717) is 11.3 Å². The molecule has 1 amide bonds. The van der Waals surface area contributed by atoms with Crippen molar-refractivity contribution in [2.24, 2.45) is 5.10 Å². The SMILES string of the molecule is COC(=O)C[C@@H]1[C@H](O)CC(c2ccc(C)cc2)=NN1C(=O)c1ccccc1. The number of methoxy groups -OCH3 is 1. The van der Waals surface area contributed by atoms with Crippen molar-refractivity contribution in [1.82, 2.24) is 5.01 Å². The molecule has 0 fully saturated rings. The first-order valence-corrected chi connectivity index (χ1v) is 8.77. The summed E-state index contributed by atoms with van der Waals surface area (Å²) in [5.41, 5.74) is 2.99. The molecule has 1 N–H and O–H groups in total. The van der Waals surface area contributed by atoms with Gasteiger partial charge in [0.1, 0.15) is 0 Å². The lowest BCUT2D eigenvalue weighted by molar-refractivity contribution is -0.143. The Kier molecular flexibility index (Phi) is 5.66. The van der Waals surface area contributed by atoms with Crippen LogP contribution in [0.1, 0.15) is 34.3 Å². The van der Waals surface area contributed by atoms with E-state index in [9.17, 15) is 14.7 Å². The van der Waals surface area contributed by atoms with Crippen LogP contribution in [0, 0.1) is 6.92 Å². The van der Waals surface area contributed by atoms with Crippen LogP contribution >= 0.6 is 0 Å². The van der Waals surface area contributed by atoms with Gasteiger partial charge in [-0.3, -0.25) is 9.59 Å². The highest BCUT2D eigenvalue weighted by atomic mass is 16.5. The molecule has 1 aliphatic heterocycles. The molecule has 6 nitrogen and oxygen atoms in total. The minimum absolute atomic E-state index is 0.124. The molecule has 0 saturated carbocycles. The van der Waals surface area contributed by atoms with Gasteiger partial charge in [0, 0.05) is 12.0 Å². The van der Waals surface area contributed by atoms with Crippen molar-refractivity contribution in [2.45, 2.75) is 31.9 Å². The third-order valence-electron chi connectivity index (χ3n) is 4.61. The largest absolute Gasteiger partial charge is 0.469 e. The molecule has 1 aliphatic rings. The molecule has 0 unspecified atom stereocenters. The summed E-state index contributed by atoms with van der Waals surface area (Å²) in [6.07, 6.45) is -0.796. The highest BCUT2D eigenvalue weighted by molar-refractivity contribution is 6.03. The monoisotopic (exact) mass is 366 g/mol. The highest BCUT2D eigenvalue weighted by Crippen LogP contribution is 2.25. The van der Waals surface area contributed by atoms with Crippen molar-refractivity contribution >= 4 is 17.6 Å². The first kappa shape index (κ1) is 18.8. The number of esters is 1. The molecule has 0 radical (unpaired) electrons. The van der Waals surface area contributed by atoms with Gasteiger partial charge >= 0.3 is 5.97 Å². The van der Waals surface area contributed by atoms with Crippen LogP contribution in [0.5, 0.6) is 0 Å². The Morgan fingerprint density at radius 2 is 1.81 bits per heavy atom. The number of nitrogens with zero attached hydrogens (tertiary/aromatic N) is 2. The highest BCUT2D eigenvalue weighted by Gasteiger charge is 2.37. The summed E-state index contributed by atoms with van der Waals surface area (Å²) < 4.78 is 4.72. The van der Waals surface area contributed by atoms with Crippen LogP contribution in [0.15, 0.2) is 59.7 Å². The predicted octanol–water partition coefficient (Wildman–Crippen LogP) is 2.54. The molecule has 6 heteroatoms. The Hall–Kier alpha value is -2.99. The normalized spacial score (nSPS) is 19.4. The van der Waals surface area contributed by atoms with Gasteiger partial charge in [-0.05, 0) is 24.6 Å². The average Bonchev–Trinajstić information content (AvgIpc) is 2.69. The zero-order valence-electron chi connectivity index (χ0n) is 15.3. The summed E-state index contributed by atoms with van der Waals surface area (Å²) in [7, 11) is 1.28. The second-order valence-corrected chi connectivity index (χ2v) is 6.55.